The second-order valence-electron chi connectivity index (χ2n) is 9.81. The van der Waals surface area contributed by atoms with Gasteiger partial charge in [-0.25, -0.2) is 0 Å². The van der Waals surface area contributed by atoms with Gasteiger partial charge in [0.05, 0.1) is 0 Å². The maximum Gasteiger partial charge on any atom is -0.00464 e. The van der Waals surface area contributed by atoms with Crippen LogP contribution in [-0.4, -0.2) is 0 Å². The molecule has 0 heteroatoms. The Labute approximate surface area is 167 Å². The van der Waals surface area contributed by atoms with Gasteiger partial charge in [0.15, 0.2) is 0 Å². The number of aryl methyl sites for hydroxylation is 2. The van der Waals surface area contributed by atoms with Crippen molar-refractivity contribution in [2.45, 2.75) is 84.5 Å². The van der Waals surface area contributed by atoms with Crippen molar-refractivity contribution in [2.24, 2.45) is 11.8 Å². The van der Waals surface area contributed by atoms with Gasteiger partial charge in [-0.3, -0.25) is 0 Å². The molecule has 2 unspecified atom stereocenters. The molecule has 2 aromatic carbocycles. The third-order valence-corrected chi connectivity index (χ3v) is 7.87. The highest BCUT2D eigenvalue weighted by molar-refractivity contribution is 5.39. The minimum Gasteiger partial charge on any atom is -0.0620 e. The van der Waals surface area contributed by atoms with Gasteiger partial charge in [0, 0.05) is 0 Å². The molecule has 0 spiro atoms. The highest BCUT2D eigenvalue weighted by atomic mass is 14.4. The third-order valence-electron chi connectivity index (χ3n) is 7.87. The molecule has 2 atom stereocenters. The normalized spacial score (nSPS) is 26.4. The molecule has 0 fully saturated rings. The molecule has 0 aromatic heterocycles. The average molecular weight is 363 g/mol. The number of benzene rings is 2. The van der Waals surface area contributed by atoms with Gasteiger partial charge in [0.2, 0.25) is 0 Å². The smallest absolute Gasteiger partial charge is 0.00464 e. The zero-order valence-electron chi connectivity index (χ0n) is 18.3. The van der Waals surface area contributed by atoms with Crippen LogP contribution in [-0.2, 0) is 23.7 Å². The quantitative estimate of drug-likeness (QED) is 0.519. The number of hydrogen-bond donors (Lipinski definition) is 0. The highest BCUT2D eigenvalue weighted by Crippen LogP contribution is 2.44. The summed E-state index contributed by atoms with van der Waals surface area (Å²) in [5, 5.41) is 0. The van der Waals surface area contributed by atoms with Gasteiger partial charge < -0.3 is 0 Å². The van der Waals surface area contributed by atoms with Crippen molar-refractivity contribution in [3.8, 4) is 0 Å². The van der Waals surface area contributed by atoms with Gasteiger partial charge in [-0.2, -0.15) is 0 Å². The number of hydrogen-bond acceptors (Lipinski definition) is 0. The molecule has 0 bridgehead atoms. The summed E-state index contributed by atoms with van der Waals surface area (Å²) in [7, 11) is 0. The van der Waals surface area contributed by atoms with Crippen LogP contribution in [0.15, 0.2) is 48.5 Å². The highest BCUT2D eigenvalue weighted by Gasteiger charge is 2.36. The Balaban J connectivity index is 0.000000156. The molecule has 2 aromatic rings. The van der Waals surface area contributed by atoms with E-state index in [1.54, 1.807) is 22.3 Å². The monoisotopic (exact) mass is 362 g/mol. The molecule has 27 heavy (non-hydrogen) atoms. The first-order valence-corrected chi connectivity index (χ1v) is 11.0. The maximum absolute atomic E-state index is 2.43. The van der Waals surface area contributed by atoms with Crippen molar-refractivity contribution in [1.29, 1.82) is 0 Å². The van der Waals surface area contributed by atoms with Gasteiger partial charge in [-0.15, -0.1) is 0 Å². The van der Waals surface area contributed by atoms with E-state index in [2.05, 4.69) is 90.1 Å². The van der Waals surface area contributed by atoms with Gasteiger partial charge >= 0.3 is 0 Å². The van der Waals surface area contributed by atoms with E-state index in [0.717, 1.165) is 11.8 Å². The van der Waals surface area contributed by atoms with Crippen molar-refractivity contribution in [1.82, 2.24) is 0 Å². The van der Waals surface area contributed by atoms with Gasteiger partial charge in [-0.05, 0) is 77.0 Å². The summed E-state index contributed by atoms with van der Waals surface area (Å²) in [4.78, 5) is 0. The van der Waals surface area contributed by atoms with E-state index in [1.807, 2.05) is 0 Å². The molecule has 0 amide bonds. The van der Waals surface area contributed by atoms with Crippen molar-refractivity contribution < 1.29 is 0 Å². The van der Waals surface area contributed by atoms with Crippen LogP contribution in [0.1, 0.15) is 83.1 Å². The van der Waals surface area contributed by atoms with Crippen LogP contribution in [0.25, 0.3) is 0 Å². The first-order chi connectivity index (χ1) is 12.8. The Kier molecular flexibility index (Phi) is 5.84. The molecular formula is C27H38. The van der Waals surface area contributed by atoms with Crippen LogP contribution >= 0.6 is 0 Å². The predicted molar refractivity (Wildman–Crippen MR) is 119 cm³/mol. The molecular weight excluding hydrogens is 324 g/mol. The zero-order chi connectivity index (χ0) is 19.7. The van der Waals surface area contributed by atoms with Crippen LogP contribution < -0.4 is 0 Å². The molecule has 2 aliphatic rings. The van der Waals surface area contributed by atoms with E-state index < -0.39 is 0 Å². The van der Waals surface area contributed by atoms with Crippen LogP contribution in [0.5, 0.6) is 0 Å². The fourth-order valence-corrected chi connectivity index (χ4v) is 5.10. The van der Waals surface area contributed by atoms with Gasteiger partial charge in [-0.1, -0.05) is 90.1 Å². The van der Waals surface area contributed by atoms with Gasteiger partial charge in [0.25, 0.3) is 0 Å². The first-order valence-electron chi connectivity index (χ1n) is 11.0. The van der Waals surface area contributed by atoms with E-state index in [1.165, 1.54) is 32.1 Å². The second-order valence-corrected chi connectivity index (χ2v) is 9.81. The summed E-state index contributed by atoms with van der Waals surface area (Å²) in [6.45, 7) is 14.2. The Morgan fingerprint density at radius 3 is 1.59 bits per heavy atom. The molecule has 0 N–H and O–H groups in total. The Morgan fingerprint density at radius 1 is 0.630 bits per heavy atom. The summed E-state index contributed by atoms with van der Waals surface area (Å²) >= 11 is 0. The number of rotatable bonds is 2. The summed E-state index contributed by atoms with van der Waals surface area (Å²) in [5.74, 6) is 1.49. The van der Waals surface area contributed by atoms with E-state index in [4.69, 9.17) is 0 Å². The van der Waals surface area contributed by atoms with Crippen molar-refractivity contribution in [3.63, 3.8) is 0 Å². The molecule has 0 aliphatic heterocycles. The lowest BCUT2D eigenvalue weighted by atomic mass is 9.65. The van der Waals surface area contributed by atoms with E-state index in [-0.39, 0.29) is 0 Å². The summed E-state index contributed by atoms with van der Waals surface area (Å²) in [6, 6.07) is 17.9. The number of fused-ring (bicyclic) bond motifs is 2. The fourth-order valence-electron chi connectivity index (χ4n) is 5.10. The molecule has 0 heterocycles. The molecule has 0 saturated carbocycles. The lowest BCUT2D eigenvalue weighted by Gasteiger charge is -2.39. The van der Waals surface area contributed by atoms with E-state index in [0.29, 0.717) is 10.8 Å². The summed E-state index contributed by atoms with van der Waals surface area (Å²) in [6.07, 6.45) is 6.57. The Morgan fingerprint density at radius 2 is 1.07 bits per heavy atom. The molecule has 0 saturated heterocycles. The average Bonchev–Trinajstić information content (AvgIpc) is 3.01. The third kappa shape index (κ3) is 3.73. The summed E-state index contributed by atoms with van der Waals surface area (Å²) < 4.78 is 0. The maximum atomic E-state index is 2.43. The molecule has 2 aliphatic carbocycles. The van der Waals surface area contributed by atoms with Crippen LogP contribution in [0.3, 0.4) is 0 Å². The minimum absolute atomic E-state index is 0.412. The van der Waals surface area contributed by atoms with Crippen LogP contribution in [0.4, 0.5) is 0 Å². The molecule has 4 rings (SSSR count). The second kappa shape index (κ2) is 7.82. The lowest BCUT2D eigenvalue weighted by Crippen LogP contribution is -2.32. The topological polar surface area (TPSA) is 0 Å². The predicted octanol–water partition coefficient (Wildman–Crippen LogP) is 7.48. The minimum atomic E-state index is 0.412. The largest absolute Gasteiger partial charge is 0.0620 e. The van der Waals surface area contributed by atoms with Gasteiger partial charge in [0.1, 0.15) is 0 Å². The van der Waals surface area contributed by atoms with E-state index >= 15 is 0 Å². The molecule has 146 valence electrons. The van der Waals surface area contributed by atoms with E-state index in [9.17, 15) is 0 Å². The van der Waals surface area contributed by atoms with Crippen LogP contribution in [0, 0.1) is 11.8 Å². The SMILES string of the molecule is CC(C)C1(C)CCCc2ccccc21.CC(C)C1(C)CCc2ccccc21. The fraction of sp³-hybridized carbons (Fsp3) is 0.556. The summed E-state index contributed by atoms with van der Waals surface area (Å²) in [5.41, 5.74) is 7.17. The Hall–Kier alpha value is -1.56. The lowest BCUT2D eigenvalue weighted by molar-refractivity contribution is 0.290. The standard InChI is InChI=1S/C14H20.C13H18/c1-11(2)14(3)10-6-8-12-7-4-5-9-13(12)14;1-10(2)13(3)9-8-11-6-4-5-7-12(11)13/h4-5,7,9,11H,6,8,10H2,1-3H3;4-7,10H,8-9H2,1-3H3. The Bertz CT molecular complexity index is 769. The van der Waals surface area contributed by atoms with Crippen LogP contribution in [0.2, 0.25) is 0 Å². The molecule has 0 radical (unpaired) electrons. The first kappa shape index (κ1) is 20.2. The van der Waals surface area contributed by atoms with Crippen molar-refractivity contribution in [3.05, 3.63) is 70.8 Å². The zero-order valence-corrected chi connectivity index (χ0v) is 18.3. The molecule has 0 nitrogen and oxygen atoms in total. The van der Waals surface area contributed by atoms with Crippen molar-refractivity contribution >= 4 is 0 Å². The van der Waals surface area contributed by atoms with Crippen molar-refractivity contribution in [2.75, 3.05) is 0 Å².